The Balaban J connectivity index is 0.000000241. The second kappa shape index (κ2) is 12.7. The first-order chi connectivity index (χ1) is 18.9. The van der Waals surface area contributed by atoms with Crippen molar-refractivity contribution in [3.05, 3.63) is 62.6 Å². The van der Waals surface area contributed by atoms with Gasteiger partial charge in [-0.05, 0) is 65.7 Å². The Labute approximate surface area is 234 Å². The molecule has 0 N–H and O–H groups in total. The first kappa shape index (κ1) is 30.2. The van der Waals surface area contributed by atoms with Gasteiger partial charge < -0.3 is 14.3 Å². The summed E-state index contributed by atoms with van der Waals surface area (Å²) in [7, 11) is 3.55. The van der Waals surface area contributed by atoms with Gasteiger partial charge in [-0.2, -0.15) is 14.9 Å². The van der Waals surface area contributed by atoms with E-state index in [4.69, 9.17) is 10.1 Å². The van der Waals surface area contributed by atoms with Gasteiger partial charge in [-0.25, -0.2) is 9.97 Å². The molecule has 3 aromatic rings. The van der Waals surface area contributed by atoms with E-state index in [2.05, 4.69) is 21.2 Å². The van der Waals surface area contributed by atoms with E-state index < -0.39 is 5.95 Å². The van der Waals surface area contributed by atoms with Crippen LogP contribution in [0.25, 0.3) is 11.0 Å². The Morgan fingerprint density at radius 3 is 2.42 bits per heavy atom. The number of aromatic nitrogens is 3. The summed E-state index contributed by atoms with van der Waals surface area (Å²) in [6.07, 6.45) is 7.16. The first-order valence-electron chi connectivity index (χ1n) is 13.3. The standard InChI is InChI=1S/C18H19N5O.C12H17FN2O/c1-22(13-6-4-3-5-7-13)17-14(11-20)18(24)23(2)15-9-8-12(10-19)21-16(15)17;1-8-6-10(9(2)15-11(8)13)7-14-16-12(3,4)5/h8-9,13H,3-7H2,1-2H3;6-7H,1-5H3/b;14-7+. The third-order valence-corrected chi connectivity index (χ3v) is 6.82. The van der Waals surface area contributed by atoms with Crippen molar-refractivity contribution in [1.29, 1.82) is 10.5 Å². The first-order valence-corrected chi connectivity index (χ1v) is 13.3. The molecule has 40 heavy (non-hydrogen) atoms. The van der Waals surface area contributed by atoms with Crippen LogP contribution < -0.4 is 10.5 Å². The number of halogens is 1. The number of nitriles is 2. The zero-order chi connectivity index (χ0) is 29.6. The Morgan fingerprint density at radius 2 is 1.82 bits per heavy atom. The molecule has 3 aromatic heterocycles. The second-order valence-corrected chi connectivity index (χ2v) is 11.0. The van der Waals surface area contributed by atoms with Gasteiger partial charge in [-0.3, -0.25) is 4.79 Å². The zero-order valence-corrected chi connectivity index (χ0v) is 24.2. The van der Waals surface area contributed by atoms with Gasteiger partial charge in [0.25, 0.3) is 5.56 Å². The van der Waals surface area contributed by atoms with Crippen molar-refractivity contribution in [2.24, 2.45) is 12.2 Å². The molecule has 0 spiro atoms. The average molecular weight is 546 g/mol. The summed E-state index contributed by atoms with van der Waals surface area (Å²) in [4.78, 5) is 28.0. The van der Waals surface area contributed by atoms with Gasteiger partial charge in [0.15, 0.2) is 0 Å². The van der Waals surface area contributed by atoms with Crippen molar-refractivity contribution in [2.75, 3.05) is 11.9 Å². The Hall–Kier alpha value is -4.31. The van der Waals surface area contributed by atoms with Crippen molar-refractivity contribution >= 4 is 22.9 Å². The summed E-state index contributed by atoms with van der Waals surface area (Å²) < 4.78 is 14.5. The molecule has 4 rings (SSSR count). The predicted octanol–water partition coefficient (Wildman–Crippen LogP) is 5.43. The molecule has 1 aliphatic carbocycles. The smallest absolute Gasteiger partial charge is 0.270 e. The second-order valence-electron chi connectivity index (χ2n) is 11.0. The summed E-state index contributed by atoms with van der Waals surface area (Å²) in [6, 6.07) is 9.40. The number of rotatable bonds is 4. The molecule has 0 saturated heterocycles. The molecule has 10 heteroatoms. The lowest BCUT2D eigenvalue weighted by molar-refractivity contribution is 0.00198. The minimum Gasteiger partial charge on any atom is -0.390 e. The van der Waals surface area contributed by atoms with Crippen molar-refractivity contribution in [3.8, 4) is 12.1 Å². The van der Waals surface area contributed by atoms with E-state index in [0.717, 1.165) is 31.2 Å². The molecule has 9 nitrogen and oxygen atoms in total. The molecular formula is C30H36FN7O2. The van der Waals surface area contributed by atoms with E-state index >= 15 is 0 Å². The third kappa shape index (κ3) is 7.01. The third-order valence-electron chi connectivity index (χ3n) is 6.82. The van der Waals surface area contributed by atoms with Crippen LogP contribution in [0.15, 0.2) is 28.1 Å². The molecule has 0 atom stereocenters. The average Bonchev–Trinajstić information content (AvgIpc) is 2.92. The van der Waals surface area contributed by atoms with Gasteiger partial charge in [-0.15, -0.1) is 0 Å². The van der Waals surface area contributed by atoms with Gasteiger partial charge in [0.2, 0.25) is 5.95 Å². The van der Waals surface area contributed by atoms with Gasteiger partial charge >= 0.3 is 0 Å². The number of oxime groups is 1. The predicted molar refractivity (Wildman–Crippen MR) is 154 cm³/mol. The van der Waals surface area contributed by atoms with Crippen LogP contribution in [0.4, 0.5) is 10.1 Å². The van der Waals surface area contributed by atoms with E-state index in [0.29, 0.717) is 28.0 Å². The Kier molecular flexibility index (Phi) is 9.60. The van der Waals surface area contributed by atoms with Crippen LogP contribution in [-0.4, -0.2) is 39.4 Å². The monoisotopic (exact) mass is 545 g/mol. The lowest BCUT2D eigenvalue weighted by atomic mass is 9.93. The molecule has 3 heterocycles. The molecule has 0 amide bonds. The highest BCUT2D eigenvalue weighted by Crippen LogP contribution is 2.32. The summed E-state index contributed by atoms with van der Waals surface area (Å²) in [5.74, 6) is -0.439. The SMILES string of the molecule is CN(c1c(C#N)c(=O)n(C)c2ccc(C#N)nc12)C1CCCCC1.Cc1cc(/C=N/OC(C)(C)C)c(C)nc1F. The van der Waals surface area contributed by atoms with Crippen molar-refractivity contribution < 1.29 is 9.23 Å². The number of pyridine rings is 3. The molecule has 1 saturated carbocycles. The fourth-order valence-corrected chi connectivity index (χ4v) is 4.62. The zero-order valence-electron chi connectivity index (χ0n) is 24.2. The number of anilines is 1. The van der Waals surface area contributed by atoms with Crippen LogP contribution in [0.5, 0.6) is 0 Å². The van der Waals surface area contributed by atoms with Crippen LogP contribution in [0.1, 0.15) is 81.0 Å². The van der Waals surface area contributed by atoms with E-state index in [1.165, 1.54) is 11.0 Å². The van der Waals surface area contributed by atoms with Gasteiger partial charge in [0.1, 0.15) is 34.5 Å². The highest BCUT2D eigenvalue weighted by atomic mass is 19.1. The number of fused-ring (bicyclic) bond motifs is 1. The summed E-state index contributed by atoms with van der Waals surface area (Å²) in [6.45, 7) is 9.13. The van der Waals surface area contributed by atoms with Gasteiger partial charge in [0, 0.05) is 37.0 Å². The summed E-state index contributed by atoms with van der Waals surface area (Å²) in [5.41, 5.74) is 3.33. The minimum atomic E-state index is -0.439. The number of aryl methyl sites for hydroxylation is 3. The van der Waals surface area contributed by atoms with Gasteiger partial charge in [0.05, 0.1) is 17.4 Å². The van der Waals surface area contributed by atoms with Crippen molar-refractivity contribution in [1.82, 2.24) is 14.5 Å². The molecule has 0 aliphatic heterocycles. The maximum Gasteiger partial charge on any atom is 0.270 e. The quantitative estimate of drug-likeness (QED) is 0.243. The van der Waals surface area contributed by atoms with E-state index in [-0.39, 0.29) is 28.5 Å². The summed E-state index contributed by atoms with van der Waals surface area (Å²) >= 11 is 0. The van der Waals surface area contributed by atoms with Crippen molar-refractivity contribution in [2.45, 2.75) is 78.4 Å². The van der Waals surface area contributed by atoms with Crippen LogP contribution >= 0.6 is 0 Å². The fraction of sp³-hybridized carbons (Fsp3) is 0.467. The summed E-state index contributed by atoms with van der Waals surface area (Å²) in [5, 5.41) is 22.6. The van der Waals surface area contributed by atoms with Crippen LogP contribution in [0.2, 0.25) is 0 Å². The van der Waals surface area contributed by atoms with E-state index in [1.54, 1.807) is 45.3 Å². The number of hydrogen-bond acceptors (Lipinski definition) is 8. The molecule has 0 unspecified atom stereocenters. The van der Waals surface area contributed by atoms with Crippen LogP contribution in [0.3, 0.4) is 0 Å². The topological polar surface area (TPSA) is 120 Å². The molecular weight excluding hydrogens is 509 g/mol. The normalized spacial score (nSPS) is 13.8. The Morgan fingerprint density at radius 1 is 1.15 bits per heavy atom. The maximum atomic E-state index is 13.1. The molecule has 0 bridgehead atoms. The number of hydrogen-bond donors (Lipinski definition) is 0. The van der Waals surface area contributed by atoms with Crippen molar-refractivity contribution in [3.63, 3.8) is 0 Å². The van der Waals surface area contributed by atoms with Crippen LogP contribution in [-0.2, 0) is 11.9 Å². The molecule has 1 aliphatic rings. The highest BCUT2D eigenvalue weighted by molar-refractivity contribution is 5.92. The molecule has 1 fully saturated rings. The van der Waals surface area contributed by atoms with Gasteiger partial charge in [-0.1, -0.05) is 24.4 Å². The van der Waals surface area contributed by atoms with Crippen LogP contribution in [0, 0.1) is 42.5 Å². The molecule has 210 valence electrons. The van der Waals surface area contributed by atoms with E-state index in [9.17, 15) is 14.4 Å². The molecule has 0 aromatic carbocycles. The molecule has 0 radical (unpaired) electrons. The Bertz CT molecular complexity index is 1550. The fourth-order valence-electron chi connectivity index (χ4n) is 4.62. The highest BCUT2D eigenvalue weighted by Gasteiger charge is 2.25. The largest absolute Gasteiger partial charge is 0.390 e. The lowest BCUT2D eigenvalue weighted by Gasteiger charge is -2.33. The minimum absolute atomic E-state index is 0.0978. The maximum absolute atomic E-state index is 13.1. The van der Waals surface area contributed by atoms with E-state index in [1.807, 2.05) is 38.8 Å². The number of nitrogens with zero attached hydrogens (tertiary/aromatic N) is 7. The lowest BCUT2D eigenvalue weighted by Crippen LogP contribution is -2.36.